The molecule has 1 fully saturated rings. The first-order chi connectivity index (χ1) is 16.5. The van der Waals surface area contributed by atoms with E-state index in [9.17, 15) is 8.42 Å². The lowest BCUT2D eigenvalue weighted by molar-refractivity contribution is 0.266. The van der Waals surface area contributed by atoms with Crippen molar-refractivity contribution in [1.29, 1.82) is 0 Å². The fraction of sp³-hybridized carbons (Fsp3) is 0.240. The average molecular weight is 480 g/mol. The predicted octanol–water partition coefficient (Wildman–Crippen LogP) is 3.89. The maximum Gasteiger partial charge on any atom is 0.243 e. The monoisotopic (exact) mass is 479 g/mol. The van der Waals surface area contributed by atoms with Gasteiger partial charge in [0, 0.05) is 32.2 Å². The van der Waals surface area contributed by atoms with Gasteiger partial charge in [-0.05, 0) is 36.4 Å². The number of piperazine rings is 1. The number of sulfonamides is 1. The largest absolute Gasteiger partial charge is 0.497 e. The molecule has 2 aliphatic rings. The van der Waals surface area contributed by atoms with Crippen LogP contribution < -0.4 is 14.2 Å². The molecule has 0 N–H and O–H groups in total. The van der Waals surface area contributed by atoms with Crippen LogP contribution in [-0.4, -0.2) is 63.9 Å². The number of rotatable bonds is 4. The second kappa shape index (κ2) is 9.00. The van der Waals surface area contributed by atoms with Gasteiger partial charge in [0.25, 0.3) is 0 Å². The average Bonchev–Trinajstić information content (AvgIpc) is 3.05. The van der Waals surface area contributed by atoms with Crippen molar-refractivity contribution >= 4 is 21.5 Å². The molecule has 3 aromatic carbocycles. The molecule has 0 unspecified atom stereocenters. The third kappa shape index (κ3) is 3.97. The lowest BCUT2D eigenvalue weighted by Crippen LogP contribution is -2.50. The van der Waals surface area contributed by atoms with Crippen LogP contribution in [0, 0.1) is 0 Å². The molecule has 0 amide bonds. The molecule has 0 spiro atoms. The minimum atomic E-state index is -3.63. The summed E-state index contributed by atoms with van der Waals surface area (Å²) >= 11 is 0. The standard InChI is InChI=1S/C25H25N3O5S/c1-31-18-7-5-8-19(17-18)34(29,30)28-15-13-27(14-16-28)25-20-9-6-12-23(32-2)24(20)33-22-11-4-3-10-21(22)26-25/h3-12,17H,13-16H2,1-2H3. The van der Waals surface area contributed by atoms with E-state index < -0.39 is 10.0 Å². The van der Waals surface area contributed by atoms with Crippen molar-refractivity contribution in [3.63, 3.8) is 0 Å². The number of aliphatic imine (C=N–C) groups is 1. The van der Waals surface area contributed by atoms with Crippen molar-refractivity contribution in [2.75, 3.05) is 40.4 Å². The molecule has 34 heavy (non-hydrogen) atoms. The van der Waals surface area contributed by atoms with Gasteiger partial charge in [-0.1, -0.05) is 24.3 Å². The molecule has 0 aromatic heterocycles. The van der Waals surface area contributed by atoms with Crippen LogP contribution in [0.15, 0.2) is 76.6 Å². The Morgan fingerprint density at radius 3 is 2.41 bits per heavy atom. The fourth-order valence-corrected chi connectivity index (χ4v) is 5.63. The summed E-state index contributed by atoms with van der Waals surface area (Å²) in [4.78, 5) is 7.25. The minimum absolute atomic E-state index is 0.226. The van der Waals surface area contributed by atoms with Gasteiger partial charge in [-0.15, -0.1) is 0 Å². The van der Waals surface area contributed by atoms with Crippen molar-refractivity contribution in [1.82, 2.24) is 9.21 Å². The van der Waals surface area contributed by atoms with Crippen LogP contribution in [0.5, 0.6) is 23.0 Å². The SMILES string of the molecule is COc1cccc(S(=O)(=O)N2CCN(C3=Nc4ccccc4Oc4c(OC)cccc43)CC2)c1. The van der Waals surface area contributed by atoms with Crippen LogP contribution in [-0.2, 0) is 10.0 Å². The van der Waals surface area contributed by atoms with Crippen LogP contribution in [0.4, 0.5) is 5.69 Å². The number of ether oxygens (including phenoxy) is 3. The fourth-order valence-electron chi connectivity index (χ4n) is 4.17. The van der Waals surface area contributed by atoms with E-state index in [1.54, 1.807) is 31.4 Å². The second-order valence-corrected chi connectivity index (χ2v) is 9.85. The van der Waals surface area contributed by atoms with E-state index in [0.29, 0.717) is 54.9 Å². The summed E-state index contributed by atoms with van der Waals surface area (Å²) < 4.78 is 44.9. The number of para-hydroxylation sites is 3. The van der Waals surface area contributed by atoms with Gasteiger partial charge in [-0.3, -0.25) is 0 Å². The number of nitrogens with zero attached hydrogens (tertiary/aromatic N) is 3. The van der Waals surface area contributed by atoms with E-state index in [1.165, 1.54) is 11.4 Å². The topological polar surface area (TPSA) is 80.7 Å². The highest BCUT2D eigenvalue weighted by Crippen LogP contribution is 2.42. The summed E-state index contributed by atoms with van der Waals surface area (Å²) in [6.07, 6.45) is 0. The molecular weight excluding hydrogens is 454 g/mol. The summed E-state index contributed by atoms with van der Waals surface area (Å²) in [5, 5.41) is 0. The van der Waals surface area contributed by atoms with Gasteiger partial charge in [0.15, 0.2) is 17.2 Å². The van der Waals surface area contributed by atoms with Gasteiger partial charge >= 0.3 is 0 Å². The molecule has 5 rings (SSSR count). The Morgan fingerprint density at radius 2 is 1.65 bits per heavy atom. The van der Waals surface area contributed by atoms with Crippen LogP contribution in [0.1, 0.15) is 5.56 Å². The zero-order chi connectivity index (χ0) is 23.7. The highest BCUT2D eigenvalue weighted by molar-refractivity contribution is 7.89. The van der Waals surface area contributed by atoms with E-state index in [1.807, 2.05) is 42.5 Å². The van der Waals surface area contributed by atoms with Crippen LogP contribution in [0.25, 0.3) is 0 Å². The summed E-state index contributed by atoms with van der Waals surface area (Å²) in [6, 6.07) is 19.8. The Hall–Kier alpha value is -3.56. The molecule has 3 aromatic rings. The first-order valence-electron chi connectivity index (χ1n) is 10.9. The molecule has 2 heterocycles. The number of methoxy groups -OCH3 is 2. The van der Waals surface area contributed by atoms with Crippen LogP contribution >= 0.6 is 0 Å². The highest BCUT2D eigenvalue weighted by Gasteiger charge is 2.32. The Kier molecular flexibility index (Phi) is 5.89. The van der Waals surface area contributed by atoms with Crippen LogP contribution in [0.2, 0.25) is 0 Å². The number of benzene rings is 3. The molecule has 176 valence electrons. The van der Waals surface area contributed by atoms with Crippen LogP contribution in [0.3, 0.4) is 0 Å². The summed E-state index contributed by atoms with van der Waals surface area (Å²) in [5.41, 5.74) is 1.52. The zero-order valence-electron chi connectivity index (χ0n) is 19.0. The first kappa shape index (κ1) is 22.2. The zero-order valence-corrected chi connectivity index (χ0v) is 19.8. The first-order valence-corrected chi connectivity index (χ1v) is 12.4. The lowest BCUT2D eigenvalue weighted by Gasteiger charge is -2.36. The number of hydrogen-bond donors (Lipinski definition) is 0. The maximum absolute atomic E-state index is 13.2. The molecule has 1 saturated heterocycles. The van der Waals surface area contributed by atoms with Crippen molar-refractivity contribution < 1.29 is 22.6 Å². The number of hydrogen-bond acceptors (Lipinski definition) is 7. The highest BCUT2D eigenvalue weighted by atomic mass is 32.2. The number of amidine groups is 1. The lowest BCUT2D eigenvalue weighted by atomic mass is 10.1. The van der Waals surface area contributed by atoms with Gasteiger partial charge in [-0.25, -0.2) is 13.4 Å². The summed E-state index contributed by atoms with van der Waals surface area (Å²) in [5.74, 6) is 3.10. The van der Waals surface area contributed by atoms with E-state index in [0.717, 1.165) is 11.4 Å². The predicted molar refractivity (Wildman–Crippen MR) is 129 cm³/mol. The number of fused-ring (bicyclic) bond motifs is 2. The molecule has 8 nitrogen and oxygen atoms in total. The maximum atomic E-state index is 13.2. The summed E-state index contributed by atoms with van der Waals surface area (Å²) in [6.45, 7) is 1.64. The van der Waals surface area contributed by atoms with E-state index in [2.05, 4.69) is 4.90 Å². The Bertz CT molecular complexity index is 1350. The molecular formula is C25H25N3O5S. The molecule has 0 bridgehead atoms. The smallest absolute Gasteiger partial charge is 0.243 e. The third-order valence-corrected chi connectivity index (χ3v) is 7.86. The van der Waals surface area contributed by atoms with Crippen molar-refractivity contribution in [2.45, 2.75) is 4.90 Å². The van der Waals surface area contributed by atoms with E-state index in [-0.39, 0.29) is 4.90 Å². The van der Waals surface area contributed by atoms with Gasteiger partial charge in [0.2, 0.25) is 10.0 Å². The minimum Gasteiger partial charge on any atom is -0.497 e. The normalized spacial score (nSPS) is 15.9. The molecule has 2 aliphatic heterocycles. The Morgan fingerprint density at radius 1 is 0.882 bits per heavy atom. The molecule has 0 aliphatic carbocycles. The van der Waals surface area contributed by atoms with Crippen molar-refractivity contribution in [3.8, 4) is 23.0 Å². The second-order valence-electron chi connectivity index (χ2n) is 7.91. The Labute approximate surface area is 199 Å². The molecule has 0 atom stereocenters. The molecule has 0 saturated carbocycles. The molecule has 0 radical (unpaired) electrons. The van der Waals surface area contributed by atoms with E-state index in [4.69, 9.17) is 19.2 Å². The molecule has 9 heteroatoms. The van der Waals surface area contributed by atoms with Gasteiger partial charge < -0.3 is 19.1 Å². The quantitative estimate of drug-likeness (QED) is 0.565. The third-order valence-electron chi connectivity index (χ3n) is 5.96. The Balaban J connectivity index is 1.45. The van der Waals surface area contributed by atoms with E-state index >= 15 is 0 Å². The van der Waals surface area contributed by atoms with Crippen molar-refractivity contribution in [2.24, 2.45) is 4.99 Å². The van der Waals surface area contributed by atoms with Gasteiger partial charge in [0.1, 0.15) is 17.3 Å². The van der Waals surface area contributed by atoms with Gasteiger partial charge in [0.05, 0.1) is 24.7 Å². The van der Waals surface area contributed by atoms with Gasteiger partial charge in [-0.2, -0.15) is 4.31 Å². The summed E-state index contributed by atoms with van der Waals surface area (Å²) in [7, 11) is -0.507. The van der Waals surface area contributed by atoms with Crippen molar-refractivity contribution in [3.05, 3.63) is 72.3 Å².